The molecular weight excluding hydrogens is 436 g/mol. The highest BCUT2D eigenvalue weighted by molar-refractivity contribution is 6.33. The quantitative estimate of drug-likeness (QED) is 0.431. The second-order valence-electron chi connectivity index (χ2n) is 8.43. The minimum atomic E-state index is -0.652. The monoisotopic (exact) mass is 468 g/mol. The Balaban J connectivity index is 1.57. The predicted octanol–water partition coefficient (Wildman–Crippen LogP) is 0.946. The number of piperidine rings is 1. The number of hydrogen-bond acceptors (Lipinski definition) is 7. The number of anilines is 1. The Hall–Kier alpha value is -1.91. The van der Waals surface area contributed by atoms with Crippen molar-refractivity contribution in [3.05, 3.63) is 27.9 Å². The second kappa shape index (κ2) is 11.3. The minimum Gasteiger partial charge on any atom is -0.626 e. The number of likely N-dealkylation sites (tertiary alicyclic amines) is 2. The average Bonchev–Trinajstić information content (AvgIpc) is 3.34. The van der Waals surface area contributed by atoms with E-state index in [0.29, 0.717) is 25.9 Å². The molecule has 3 N–H and O–H groups in total. The van der Waals surface area contributed by atoms with Gasteiger partial charge >= 0.3 is 5.91 Å². The van der Waals surface area contributed by atoms with Gasteiger partial charge in [-0.25, -0.2) is 4.79 Å². The standard InChI is InChI=1S/C22H33ClN4O5/c1-31-19-13-17(24)16(23)12-15(19)22(29)27(30)18-7-11-25(14-20(18)32-2)8-5-6-21(28)26-9-3-4-10-26/h12-13,18,20,27H,3-11,14,24H2,1-2H3/t18-,20+/m1/s1. The van der Waals surface area contributed by atoms with Crippen LogP contribution in [-0.4, -0.2) is 80.7 Å². The molecule has 2 aliphatic heterocycles. The number of hydroxylamine groups is 2. The molecule has 0 bridgehead atoms. The number of carbonyl (C=O) groups is 2. The maximum absolute atomic E-state index is 13.1. The Morgan fingerprint density at radius 1 is 1.25 bits per heavy atom. The number of halogens is 1. The first-order chi connectivity index (χ1) is 15.3. The number of hydrogen-bond donors (Lipinski definition) is 2. The van der Waals surface area contributed by atoms with E-state index in [1.165, 1.54) is 19.2 Å². The molecule has 2 aliphatic rings. The maximum atomic E-state index is 13.1. The van der Waals surface area contributed by atoms with Gasteiger partial charge in [0.05, 0.1) is 17.8 Å². The van der Waals surface area contributed by atoms with Crippen LogP contribution in [0.15, 0.2) is 12.1 Å². The van der Waals surface area contributed by atoms with Gasteiger partial charge in [-0.3, -0.25) is 4.79 Å². The Morgan fingerprint density at radius 3 is 2.62 bits per heavy atom. The minimum absolute atomic E-state index is 0.106. The fourth-order valence-electron chi connectivity index (χ4n) is 4.52. The van der Waals surface area contributed by atoms with Crippen LogP contribution in [0.2, 0.25) is 5.02 Å². The summed E-state index contributed by atoms with van der Waals surface area (Å²) in [7, 11) is 2.96. The third-order valence-corrected chi connectivity index (χ3v) is 6.72. The van der Waals surface area contributed by atoms with Crippen LogP contribution >= 0.6 is 11.6 Å². The highest BCUT2D eigenvalue weighted by Gasteiger charge is 2.37. The molecule has 2 fully saturated rings. The number of amides is 2. The molecule has 2 heterocycles. The number of rotatable bonds is 8. The van der Waals surface area contributed by atoms with Crippen molar-refractivity contribution < 1.29 is 24.1 Å². The molecule has 3 atom stereocenters. The van der Waals surface area contributed by atoms with Gasteiger partial charge in [-0.05, 0) is 31.9 Å². The summed E-state index contributed by atoms with van der Waals surface area (Å²) in [4.78, 5) is 29.3. The Labute approximate surface area is 193 Å². The summed E-state index contributed by atoms with van der Waals surface area (Å²) in [6, 6.07) is 2.28. The molecule has 0 radical (unpaired) electrons. The molecule has 1 aromatic carbocycles. The number of nitrogen functional groups attached to an aromatic ring is 1. The van der Waals surface area contributed by atoms with Crippen molar-refractivity contribution in [2.24, 2.45) is 0 Å². The van der Waals surface area contributed by atoms with Crippen molar-refractivity contribution in [1.29, 1.82) is 0 Å². The average molecular weight is 469 g/mol. The predicted molar refractivity (Wildman–Crippen MR) is 122 cm³/mol. The third kappa shape index (κ3) is 5.71. The molecule has 32 heavy (non-hydrogen) atoms. The van der Waals surface area contributed by atoms with Crippen LogP contribution in [0, 0.1) is 5.21 Å². The number of methoxy groups -OCH3 is 2. The summed E-state index contributed by atoms with van der Waals surface area (Å²) < 4.78 is 10.8. The van der Waals surface area contributed by atoms with Crippen molar-refractivity contribution in [1.82, 2.24) is 9.80 Å². The Kier molecular flexibility index (Phi) is 8.72. The van der Waals surface area contributed by atoms with Crippen molar-refractivity contribution in [2.75, 3.05) is 52.7 Å². The lowest BCUT2D eigenvalue weighted by Gasteiger charge is -2.41. The molecule has 2 saturated heterocycles. The number of nitrogens with one attached hydrogen (secondary N) is 1. The molecule has 2 amide bonds. The van der Waals surface area contributed by atoms with Gasteiger partial charge in [0.2, 0.25) is 5.91 Å². The van der Waals surface area contributed by atoms with Gasteiger partial charge in [-0.2, -0.15) is 0 Å². The lowest BCUT2D eigenvalue weighted by molar-refractivity contribution is -0.796. The summed E-state index contributed by atoms with van der Waals surface area (Å²) in [5.74, 6) is -0.211. The van der Waals surface area contributed by atoms with Gasteiger partial charge in [0, 0.05) is 52.2 Å². The number of quaternary nitrogens is 1. The molecule has 1 unspecified atom stereocenters. The van der Waals surface area contributed by atoms with E-state index in [4.69, 9.17) is 26.8 Å². The van der Waals surface area contributed by atoms with Crippen molar-refractivity contribution >= 4 is 29.1 Å². The first kappa shape index (κ1) is 24.7. The SMILES string of the molecule is COc1cc(N)c(Cl)cc1C(=O)[NH+]([O-])[C@@H]1CCN(CCCC(=O)N2CCCC2)C[C@@H]1OC. The molecule has 10 heteroatoms. The lowest BCUT2D eigenvalue weighted by atomic mass is 10.00. The summed E-state index contributed by atoms with van der Waals surface area (Å²) in [5, 5.41) is 12.7. The molecule has 178 valence electrons. The summed E-state index contributed by atoms with van der Waals surface area (Å²) in [5.41, 5.74) is 6.16. The highest BCUT2D eigenvalue weighted by atomic mass is 35.5. The molecule has 1 aromatic rings. The zero-order valence-corrected chi connectivity index (χ0v) is 19.5. The Bertz CT molecular complexity index is 818. The second-order valence-corrected chi connectivity index (χ2v) is 8.84. The molecule has 9 nitrogen and oxygen atoms in total. The van der Waals surface area contributed by atoms with E-state index in [9.17, 15) is 14.8 Å². The molecule has 0 aliphatic carbocycles. The number of benzene rings is 1. The lowest BCUT2D eigenvalue weighted by Crippen LogP contribution is -3.15. The smallest absolute Gasteiger partial charge is 0.348 e. The summed E-state index contributed by atoms with van der Waals surface area (Å²) in [6.45, 7) is 3.71. The molecule has 0 spiro atoms. The van der Waals surface area contributed by atoms with E-state index >= 15 is 0 Å². The van der Waals surface area contributed by atoms with Gasteiger partial charge in [-0.15, -0.1) is 0 Å². The highest BCUT2D eigenvalue weighted by Crippen LogP contribution is 2.28. The first-order valence-electron chi connectivity index (χ1n) is 11.1. The molecule has 0 aromatic heterocycles. The zero-order valence-electron chi connectivity index (χ0n) is 18.8. The fourth-order valence-corrected chi connectivity index (χ4v) is 4.68. The first-order valence-corrected chi connectivity index (χ1v) is 11.5. The number of ether oxygens (including phenoxy) is 2. The van der Waals surface area contributed by atoms with E-state index in [0.717, 1.165) is 38.9 Å². The van der Waals surface area contributed by atoms with Crippen LogP contribution in [0.4, 0.5) is 5.69 Å². The summed E-state index contributed by atoms with van der Waals surface area (Å²) in [6.07, 6.45) is 3.60. The van der Waals surface area contributed by atoms with Gasteiger partial charge in [0.15, 0.2) is 0 Å². The molecular formula is C22H33ClN4O5. The maximum Gasteiger partial charge on any atom is 0.348 e. The van der Waals surface area contributed by atoms with Crippen LogP contribution in [0.3, 0.4) is 0 Å². The van der Waals surface area contributed by atoms with Crippen LogP contribution in [0.5, 0.6) is 5.75 Å². The van der Waals surface area contributed by atoms with Crippen LogP contribution < -0.4 is 15.5 Å². The van der Waals surface area contributed by atoms with Crippen molar-refractivity contribution in [2.45, 2.75) is 44.2 Å². The Morgan fingerprint density at radius 2 is 1.97 bits per heavy atom. The van der Waals surface area contributed by atoms with E-state index in [-0.39, 0.29) is 27.9 Å². The number of nitrogens with zero attached hydrogens (tertiary/aromatic N) is 2. The van der Waals surface area contributed by atoms with E-state index in [1.54, 1.807) is 7.11 Å². The van der Waals surface area contributed by atoms with E-state index in [2.05, 4.69) is 4.90 Å². The van der Waals surface area contributed by atoms with E-state index < -0.39 is 23.1 Å². The topological polar surface area (TPSA) is 113 Å². The molecule has 0 saturated carbocycles. The molecule has 3 rings (SSSR count). The van der Waals surface area contributed by atoms with Crippen molar-refractivity contribution in [3.8, 4) is 5.75 Å². The zero-order chi connectivity index (χ0) is 23.3. The van der Waals surface area contributed by atoms with Gasteiger partial charge in [0.25, 0.3) is 0 Å². The van der Waals surface area contributed by atoms with Crippen molar-refractivity contribution in [3.63, 3.8) is 0 Å². The largest absolute Gasteiger partial charge is 0.626 e. The normalized spacial score (nSPS) is 22.7. The van der Waals surface area contributed by atoms with E-state index in [1.807, 2.05) is 4.90 Å². The third-order valence-electron chi connectivity index (χ3n) is 6.39. The van der Waals surface area contributed by atoms with Gasteiger partial charge in [0.1, 0.15) is 23.5 Å². The van der Waals surface area contributed by atoms with Gasteiger partial charge < -0.3 is 35.3 Å². The number of nitrogens with two attached hydrogens (primary N) is 1. The summed E-state index contributed by atoms with van der Waals surface area (Å²) >= 11 is 6.06. The number of carbonyl (C=O) groups excluding carboxylic acids is 2. The van der Waals surface area contributed by atoms with Crippen LogP contribution in [0.25, 0.3) is 0 Å². The fraction of sp³-hybridized carbons (Fsp3) is 0.636. The van der Waals surface area contributed by atoms with Crippen LogP contribution in [-0.2, 0) is 9.53 Å². The van der Waals surface area contributed by atoms with Crippen LogP contribution in [0.1, 0.15) is 42.5 Å². The van der Waals surface area contributed by atoms with Gasteiger partial charge in [-0.1, -0.05) is 11.6 Å².